The summed E-state index contributed by atoms with van der Waals surface area (Å²) in [7, 11) is 5.59. The zero-order chi connectivity index (χ0) is 19.2. The van der Waals surface area contributed by atoms with Gasteiger partial charge in [0.15, 0.2) is 0 Å². The number of methoxy groups -OCH3 is 2. The highest BCUT2D eigenvalue weighted by Crippen LogP contribution is 2.30. The third-order valence-electron chi connectivity index (χ3n) is 6.08. The molecular weight excluding hydrogens is 342 g/mol. The highest BCUT2D eigenvalue weighted by molar-refractivity contribution is 5.40. The molecule has 2 fully saturated rings. The Bertz CT molecular complexity index is 598. The molecule has 0 aliphatic carbocycles. The van der Waals surface area contributed by atoms with Crippen LogP contribution in [0.15, 0.2) is 18.2 Å². The summed E-state index contributed by atoms with van der Waals surface area (Å²) in [6.45, 7) is 8.84. The maximum absolute atomic E-state index is 9.92. The van der Waals surface area contributed by atoms with E-state index in [1.54, 1.807) is 14.2 Å². The lowest BCUT2D eigenvalue weighted by molar-refractivity contribution is 0.165. The van der Waals surface area contributed by atoms with Gasteiger partial charge in [0.1, 0.15) is 11.5 Å². The van der Waals surface area contributed by atoms with Gasteiger partial charge in [0.25, 0.3) is 0 Å². The molecule has 0 saturated carbocycles. The fourth-order valence-electron chi connectivity index (χ4n) is 4.42. The van der Waals surface area contributed by atoms with Crippen LogP contribution in [-0.4, -0.2) is 93.5 Å². The number of likely N-dealkylation sites (N-methyl/N-ethyl adjacent to an activating group) is 1. The van der Waals surface area contributed by atoms with Crippen molar-refractivity contribution in [1.82, 2.24) is 14.7 Å². The standard InChI is InChI=1S/C21H35N3O3/c1-22-7-4-8-23(10-9-22)13-18-14-24(15-19(18)16-25)12-17-5-6-20(26-2)11-21(17)27-3/h5-6,11,18-19,25H,4,7-10,12-16H2,1-3H3/t18-,19-/m1/s1. The molecule has 0 unspecified atom stereocenters. The van der Waals surface area contributed by atoms with E-state index in [0.29, 0.717) is 11.8 Å². The first-order valence-electron chi connectivity index (χ1n) is 10.1. The minimum atomic E-state index is 0.272. The topological polar surface area (TPSA) is 48.4 Å². The van der Waals surface area contributed by atoms with Crippen molar-refractivity contribution in [2.45, 2.75) is 13.0 Å². The van der Waals surface area contributed by atoms with E-state index >= 15 is 0 Å². The molecular formula is C21H35N3O3. The second-order valence-corrected chi connectivity index (χ2v) is 8.03. The van der Waals surface area contributed by atoms with Gasteiger partial charge in [0.2, 0.25) is 0 Å². The van der Waals surface area contributed by atoms with Crippen LogP contribution >= 0.6 is 0 Å². The number of hydrogen-bond donors (Lipinski definition) is 1. The number of rotatable bonds is 7. The van der Waals surface area contributed by atoms with Gasteiger partial charge in [-0.15, -0.1) is 0 Å². The van der Waals surface area contributed by atoms with E-state index < -0.39 is 0 Å². The van der Waals surface area contributed by atoms with Crippen LogP contribution in [0, 0.1) is 11.8 Å². The minimum Gasteiger partial charge on any atom is -0.497 e. The Hall–Kier alpha value is -1.34. The average molecular weight is 378 g/mol. The van der Waals surface area contributed by atoms with E-state index in [0.717, 1.165) is 50.8 Å². The van der Waals surface area contributed by atoms with Crippen molar-refractivity contribution in [3.63, 3.8) is 0 Å². The van der Waals surface area contributed by atoms with Crippen LogP contribution in [0.25, 0.3) is 0 Å². The summed E-state index contributed by atoms with van der Waals surface area (Å²) in [4.78, 5) is 7.47. The highest BCUT2D eigenvalue weighted by Gasteiger charge is 2.33. The second-order valence-electron chi connectivity index (χ2n) is 8.03. The van der Waals surface area contributed by atoms with E-state index in [9.17, 15) is 5.11 Å². The molecule has 27 heavy (non-hydrogen) atoms. The quantitative estimate of drug-likeness (QED) is 0.775. The van der Waals surface area contributed by atoms with Crippen molar-refractivity contribution in [3.8, 4) is 11.5 Å². The summed E-state index contributed by atoms with van der Waals surface area (Å²) in [6.07, 6.45) is 1.24. The Morgan fingerprint density at radius 1 is 1.00 bits per heavy atom. The maximum Gasteiger partial charge on any atom is 0.127 e. The van der Waals surface area contributed by atoms with Crippen molar-refractivity contribution < 1.29 is 14.6 Å². The van der Waals surface area contributed by atoms with Crippen molar-refractivity contribution >= 4 is 0 Å². The van der Waals surface area contributed by atoms with Crippen LogP contribution < -0.4 is 9.47 Å². The van der Waals surface area contributed by atoms with E-state index in [4.69, 9.17) is 9.47 Å². The lowest BCUT2D eigenvalue weighted by Gasteiger charge is -2.26. The van der Waals surface area contributed by atoms with E-state index in [1.165, 1.54) is 25.1 Å². The SMILES string of the molecule is COc1ccc(CN2C[C@@H](CN3CCCN(C)CC3)[C@@H](CO)C2)c(OC)c1. The van der Waals surface area contributed by atoms with Crippen LogP contribution in [0.5, 0.6) is 11.5 Å². The normalized spacial score (nSPS) is 25.5. The van der Waals surface area contributed by atoms with Gasteiger partial charge in [-0.05, 0) is 44.5 Å². The molecule has 0 amide bonds. The van der Waals surface area contributed by atoms with Crippen molar-refractivity contribution in [2.75, 3.05) is 73.7 Å². The van der Waals surface area contributed by atoms with E-state index in [-0.39, 0.29) is 6.61 Å². The molecule has 152 valence electrons. The van der Waals surface area contributed by atoms with Gasteiger partial charge >= 0.3 is 0 Å². The number of aliphatic hydroxyl groups is 1. The highest BCUT2D eigenvalue weighted by atomic mass is 16.5. The van der Waals surface area contributed by atoms with Crippen LogP contribution in [-0.2, 0) is 6.54 Å². The van der Waals surface area contributed by atoms with Gasteiger partial charge in [0, 0.05) is 57.5 Å². The number of hydrogen-bond acceptors (Lipinski definition) is 6. The van der Waals surface area contributed by atoms with Crippen molar-refractivity contribution in [2.24, 2.45) is 11.8 Å². The molecule has 0 aromatic heterocycles. The van der Waals surface area contributed by atoms with Crippen molar-refractivity contribution in [3.05, 3.63) is 23.8 Å². The Morgan fingerprint density at radius 2 is 1.81 bits per heavy atom. The summed E-state index contributed by atoms with van der Waals surface area (Å²) in [5.41, 5.74) is 1.17. The van der Waals surface area contributed by atoms with Crippen LogP contribution in [0.2, 0.25) is 0 Å². The Balaban J connectivity index is 1.60. The lowest BCUT2D eigenvalue weighted by Crippen LogP contribution is -2.36. The number of nitrogens with zero attached hydrogens (tertiary/aromatic N) is 3. The molecule has 6 heteroatoms. The smallest absolute Gasteiger partial charge is 0.127 e. The van der Waals surface area contributed by atoms with Crippen LogP contribution in [0.3, 0.4) is 0 Å². The van der Waals surface area contributed by atoms with Gasteiger partial charge in [-0.3, -0.25) is 4.90 Å². The molecule has 2 aliphatic rings. The van der Waals surface area contributed by atoms with Gasteiger partial charge in [-0.25, -0.2) is 0 Å². The molecule has 0 bridgehead atoms. The molecule has 1 N–H and O–H groups in total. The lowest BCUT2D eigenvalue weighted by atomic mass is 9.96. The zero-order valence-corrected chi connectivity index (χ0v) is 17.1. The Morgan fingerprint density at radius 3 is 2.56 bits per heavy atom. The first-order valence-corrected chi connectivity index (χ1v) is 10.1. The summed E-state index contributed by atoms with van der Waals surface area (Å²) in [5, 5.41) is 9.92. The Labute approximate surface area is 163 Å². The minimum absolute atomic E-state index is 0.272. The average Bonchev–Trinajstić information content (AvgIpc) is 2.95. The molecule has 2 aliphatic heterocycles. The Kier molecular flexibility index (Phi) is 7.35. The van der Waals surface area contributed by atoms with Crippen LogP contribution in [0.4, 0.5) is 0 Å². The number of ether oxygens (including phenoxy) is 2. The van der Waals surface area contributed by atoms with Gasteiger partial charge < -0.3 is 24.4 Å². The summed E-state index contributed by atoms with van der Waals surface area (Å²) < 4.78 is 10.9. The largest absolute Gasteiger partial charge is 0.497 e. The van der Waals surface area contributed by atoms with Crippen LogP contribution in [0.1, 0.15) is 12.0 Å². The number of aliphatic hydroxyl groups excluding tert-OH is 1. The third-order valence-corrected chi connectivity index (χ3v) is 6.08. The van der Waals surface area contributed by atoms with Gasteiger partial charge in [0.05, 0.1) is 14.2 Å². The molecule has 0 radical (unpaired) electrons. The molecule has 3 rings (SSSR count). The van der Waals surface area contributed by atoms with E-state index in [2.05, 4.69) is 27.8 Å². The van der Waals surface area contributed by atoms with Gasteiger partial charge in [-0.1, -0.05) is 6.07 Å². The second kappa shape index (κ2) is 9.73. The molecule has 0 spiro atoms. The maximum atomic E-state index is 9.92. The first-order chi connectivity index (χ1) is 13.1. The van der Waals surface area contributed by atoms with E-state index in [1.807, 2.05) is 12.1 Å². The fraction of sp³-hybridized carbons (Fsp3) is 0.714. The van der Waals surface area contributed by atoms with Gasteiger partial charge in [-0.2, -0.15) is 0 Å². The monoisotopic (exact) mass is 377 g/mol. The summed E-state index contributed by atoms with van der Waals surface area (Å²) in [5.74, 6) is 2.57. The molecule has 1 aromatic rings. The number of likely N-dealkylation sites (tertiary alicyclic amines) is 1. The molecule has 2 atom stereocenters. The first kappa shape index (κ1) is 20.4. The molecule has 1 aromatic carbocycles. The summed E-state index contributed by atoms with van der Waals surface area (Å²) >= 11 is 0. The molecule has 2 saturated heterocycles. The predicted octanol–water partition coefficient (Wildman–Crippen LogP) is 1.38. The predicted molar refractivity (Wildman–Crippen MR) is 107 cm³/mol. The van der Waals surface area contributed by atoms with Crippen molar-refractivity contribution in [1.29, 1.82) is 0 Å². The zero-order valence-electron chi connectivity index (χ0n) is 17.1. The fourth-order valence-corrected chi connectivity index (χ4v) is 4.42. The summed E-state index contributed by atoms with van der Waals surface area (Å²) in [6, 6.07) is 6.02. The number of benzene rings is 1. The third kappa shape index (κ3) is 5.35. The molecule has 6 nitrogen and oxygen atoms in total. The molecule has 2 heterocycles.